The van der Waals surface area contributed by atoms with Crippen molar-refractivity contribution in [3.63, 3.8) is 0 Å². The molecule has 0 unspecified atom stereocenters. The third-order valence-electron chi connectivity index (χ3n) is 5.18. The van der Waals surface area contributed by atoms with E-state index in [-0.39, 0.29) is 30.9 Å². The second kappa shape index (κ2) is 7.72. The Bertz CT molecular complexity index is 857. The number of benzene rings is 2. The van der Waals surface area contributed by atoms with Gasteiger partial charge in [-0.15, -0.1) is 0 Å². The molecule has 144 valence electrons. The van der Waals surface area contributed by atoms with E-state index < -0.39 is 0 Å². The van der Waals surface area contributed by atoms with Crippen LogP contribution < -0.4 is 10.2 Å². The van der Waals surface area contributed by atoms with Crippen LogP contribution in [0.2, 0.25) is 0 Å². The van der Waals surface area contributed by atoms with Crippen molar-refractivity contribution in [3.05, 3.63) is 65.7 Å². The monoisotopic (exact) mass is 378 g/mol. The molecule has 28 heavy (non-hydrogen) atoms. The average molecular weight is 378 g/mol. The summed E-state index contributed by atoms with van der Waals surface area (Å²) in [7, 11) is 0. The number of amides is 4. The standard InChI is InChI=1S/C21H22N4O3/c26-19-17-8-4-5-9-18(17)20(27)25(19)11-10-22-21(28)24-14-12-23(13-15-24)16-6-2-1-3-7-16/h1-9H,10-15H2,(H,22,28). The number of para-hydroxylation sites is 1. The summed E-state index contributed by atoms with van der Waals surface area (Å²) in [5.41, 5.74) is 2.01. The Morgan fingerprint density at radius 2 is 1.39 bits per heavy atom. The molecule has 7 heteroatoms. The van der Waals surface area contributed by atoms with Gasteiger partial charge in [-0.25, -0.2) is 4.79 Å². The largest absolute Gasteiger partial charge is 0.368 e. The van der Waals surface area contributed by atoms with Gasteiger partial charge in [-0.2, -0.15) is 0 Å². The Hall–Kier alpha value is -3.35. The number of rotatable bonds is 4. The molecule has 0 atom stereocenters. The Kier molecular flexibility index (Phi) is 4.97. The number of carbonyl (C=O) groups excluding carboxylic acids is 3. The van der Waals surface area contributed by atoms with E-state index in [1.807, 2.05) is 18.2 Å². The summed E-state index contributed by atoms with van der Waals surface area (Å²) in [5, 5.41) is 2.82. The fourth-order valence-corrected chi connectivity index (χ4v) is 3.64. The lowest BCUT2D eigenvalue weighted by atomic mass is 10.1. The van der Waals surface area contributed by atoms with E-state index in [4.69, 9.17) is 0 Å². The molecule has 0 aliphatic carbocycles. The highest BCUT2D eigenvalue weighted by molar-refractivity contribution is 6.21. The van der Waals surface area contributed by atoms with Crippen molar-refractivity contribution in [1.29, 1.82) is 0 Å². The summed E-state index contributed by atoms with van der Waals surface area (Å²) in [6.45, 7) is 3.22. The van der Waals surface area contributed by atoms with Gasteiger partial charge in [-0.05, 0) is 24.3 Å². The van der Waals surface area contributed by atoms with Gasteiger partial charge in [-0.3, -0.25) is 14.5 Å². The highest BCUT2D eigenvalue weighted by Gasteiger charge is 2.34. The third kappa shape index (κ3) is 3.43. The quantitative estimate of drug-likeness (QED) is 0.824. The van der Waals surface area contributed by atoms with Crippen molar-refractivity contribution < 1.29 is 14.4 Å². The minimum absolute atomic E-state index is 0.163. The second-order valence-electron chi connectivity index (χ2n) is 6.85. The highest BCUT2D eigenvalue weighted by atomic mass is 16.2. The molecule has 1 N–H and O–H groups in total. The molecule has 2 aliphatic rings. The molecule has 1 fully saturated rings. The SMILES string of the molecule is O=C(NCCN1C(=O)c2ccccc2C1=O)N1CCN(c2ccccc2)CC1. The lowest BCUT2D eigenvalue weighted by Gasteiger charge is -2.36. The van der Waals surface area contributed by atoms with Gasteiger partial charge >= 0.3 is 6.03 Å². The number of urea groups is 1. The van der Waals surface area contributed by atoms with Crippen LogP contribution in [-0.4, -0.2) is 66.9 Å². The number of carbonyl (C=O) groups is 3. The molecule has 0 radical (unpaired) electrons. The molecule has 1 saturated heterocycles. The van der Waals surface area contributed by atoms with Crippen molar-refractivity contribution in [2.24, 2.45) is 0 Å². The van der Waals surface area contributed by atoms with Crippen LogP contribution in [0.25, 0.3) is 0 Å². The van der Waals surface area contributed by atoms with Crippen LogP contribution in [0.5, 0.6) is 0 Å². The third-order valence-corrected chi connectivity index (χ3v) is 5.18. The lowest BCUT2D eigenvalue weighted by Crippen LogP contribution is -2.52. The van der Waals surface area contributed by atoms with Crippen molar-refractivity contribution in [3.8, 4) is 0 Å². The summed E-state index contributed by atoms with van der Waals surface area (Å²) in [5.74, 6) is -0.599. The van der Waals surface area contributed by atoms with Crippen LogP contribution in [0.3, 0.4) is 0 Å². The van der Waals surface area contributed by atoms with Gasteiger partial charge in [0, 0.05) is 45.0 Å². The van der Waals surface area contributed by atoms with Crippen LogP contribution in [0.4, 0.5) is 10.5 Å². The van der Waals surface area contributed by atoms with Crippen LogP contribution in [0.15, 0.2) is 54.6 Å². The summed E-state index contributed by atoms with van der Waals surface area (Å²) in [6.07, 6.45) is 0. The van der Waals surface area contributed by atoms with Crippen LogP contribution in [0.1, 0.15) is 20.7 Å². The lowest BCUT2D eigenvalue weighted by molar-refractivity contribution is 0.0655. The molecule has 0 saturated carbocycles. The van der Waals surface area contributed by atoms with Gasteiger partial charge in [0.25, 0.3) is 11.8 Å². The zero-order valence-electron chi connectivity index (χ0n) is 15.5. The smallest absolute Gasteiger partial charge is 0.317 e. The fourth-order valence-electron chi connectivity index (χ4n) is 3.64. The molecule has 2 heterocycles. The average Bonchev–Trinajstić information content (AvgIpc) is 2.99. The van der Waals surface area contributed by atoms with Crippen LogP contribution >= 0.6 is 0 Å². The Labute approximate surface area is 163 Å². The van der Waals surface area contributed by atoms with Crippen LogP contribution in [0, 0.1) is 0 Å². The zero-order valence-corrected chi connectivity index (χ0v) is 15.5. The van der Waals surface area contributed by atoms with Crippen molar-refractivity contribution >= 4 is 23.5 Å². The normalized spacial score (nSPS) is 16.4. The molecule has 4 rings (SSSR count). The Morgan fingerprint density at radius 1 is 0.821 bits per heavy atom. The highest BCUT2D eigenvalue weighted by Crippen LogP contribution is 2.21. The molecule has 7 nitrogen and oxygen atoms in total. The number of hydrogen-bond acceptors (Lipinski definition) is 4. The molecule has 0 bridgehead atoms. The molecule has 2 aromatic carbocycles. The molecule has 2 aromatic rings. The first-order valence-corrected chi connectivity index (χ1v) is 9.43. The molecular weight excluding hydrogens is 356 g/mol. The van der Waals surface area contributed by atoms with Crippen molar-refractivity contribution in [1.82, 2.24) is 15.1 Å². The summed E-state index contributed by atoms with van der Waals surface area (Å²) in [6, 6.07) is 16.8. The number of fused-ring (bicyclic) bond motifs is 1. The minimum atomic E-state index is -0.300. The molecule has 4 amide bonds. The first kappa shape index (κ1) is 18.0. The maximum atomic E-state index is 12.4. The van der Waals surface area contributed by atoms with E-state index in [0.717, 1.165) is 18.8 Å². The van der Waals surface area contributed by atoms with Gasteiger partial charge in [0.2, 0.25) is 0 Å². The van der Waals surface area contributed by atoms with Gasteiger partial charge in [0.15, 0.2) is 0 Å². The minimum Gasteiger partial charge on any atom is -0.368 e. The molecule has 0 aromatic heterocycles. The second-order valence-corrected chi connectivity index (χ2v) is 6.85. The van der Waals surface area contributed by atoms with Gasteiger partial charge < -0.3 is 15.1 Å². The number of hydrogen-bond donors (Lipinski definition) is 1. The molecular formula is C21H22N4O3. The predicted molar refractivity (Wildman–Crippen MR) is 105 cm³/mol. The van der Waals surface area contributed by atoms with Crippen molar-refractivity contribution in [2.75, 3.05) is 44.2 Å². The van der Waals surface area contributed by atoms with Gasteiger partial charge in [0.1, 0.15) is 0 Å². The Balaban J connectivity index is 1.25. The van der Waals surface area contributed by atoms with E-state index in [1.165, 1.54) is 4.90 Å². The number of anilines is 1. The predicted octanol–water partition coefficient (Wildman–Crippen LogP) is 1.81. The summed E-state index contributed by atoms with van der Waals surface area (Å²) >= 11 is 0. The fraction of sp³-hybridized carbons (Fsp3) is 0.286. The number of nitrogens with one attached hydrogen (secondary N) is 1. The number of piperazine rings is 1. The maximum Gasteiger partial charge on any atom is 0.317 e. The van der Waals surface area contributed by atoms with E-state index >= 15 is 0 Å². The Morgan fingerprint density at radius 3 is 2.00 bits per heavy atom. The topological polar surface area (TPSA) is 73.0 Å². The molecule has 0 spiro atoms. The van der Waals surface area contributed by atoms with Crippen molar-refractivity contribution in [2.45, 2.75) is 0 Å². The maximum absolute atomic E-state index is 12.4. The first-order chi connectivity index (χ1) is 13.6. The molecule has 2 aliphatic heterocycles. The van der Waals surface area contributed by atoms with E-state index in [0.29, 0.717) is 24.2 Å². The first-order valence-electron chi connectivity index (χ1n) is 9.43. The number of imide groups is 1. The van der Waals surface area contributed by atoms with E-state index in [2.05, 4.69) is 22.3 Å². The zero-order chi connectivity index (χ0) is 19.5. The van der Waals surface area contributed by atoms with Gasteiger partial charge in [0.05, 0.1) is 11.1 Å². The van der Waals surface area contributed by atoms with E-state index in [1.54, 1.807) is 29.2 Å². The van der Waals surface area contributed by atoms with Crippen LogP contribution in [-0.2, 0) is 0 Å². The summed E-state index contributed by atoms with van der Waals surface area (Å²) in [4.78, 5) is 42.3. The summed E-state index contributed by atoms with van der Waals surface area (Å²) < 4.78 is 0. The van der Waals surface area contributed by atoms with Gasteiger partial charge in [-0.1, -0.05) is 30.3 Å². The number of nitrogens with zero attached hydrogens (tertiary/aromatic N) is 3. The van der Waals surface area contributed by atoms with E-state index in [9.17, 15) is 14.4 Å².